The van der Waals surface area contributed by atoms with Gasteiger partial charge in [-0.25, -0.2) is 4.39 Å². The Bertz CT molecular complexity index is 502. The summed E-state index contributed by atoms with van der Waals surface area (Å²) in [4.78, 5) is 21.7. The molecule has 0 spiro atoms. The third kappa shape index (κ3) is 4.29. The van der Waals surface area contributed by atoms with Gasteiger partial charge in [-0.2, -0.15) is 0 Å². The fourth-order valence-electron chi connectivity index (χ4n) is 1.75. The van der Waals surface area contributed by atoms with Crippen molar-refractivity contribution in [3.63, 3.8) is 0 Å². The number of aliphatic carboxylic acids is 1. The average molecular weight is 286 g/mol. The third-order valence-corrected chi connectivity index (χ3v) is 2.73. The zero-order chi connectivity index (χ0) is 15.3. The first-order valence-electron chi connectivity index (χ1n) is 5.78. The predicted molar refractivity (Wildman–Crippen MR) is 65.3 cm³/mol. The predicted octanol–water partition coefficient (Wildman–Crippen LogP) is 0.410. The van der Waals surface area contributed by atoms with Gasteiger partial charge in [0.25, 0.3) is 0 Å². The second-order valence-electron chi connectivity index (χ2n) is 4.21. The maximum atomic E-state index is 13.1. The maximum Gasteiger partial charge on any atom is 0.308 e. The highest BCUT2D eigenvalue weighted by Gasteiger charge is 2.24. The zero-order valence-corrected chi connectivity index (χ0v) is 10.7. The summed E-state index contributed by atoms with van der Waals surface area (Å²) in [5, 5.41) is 28.4. The van der Waals surface area contributed by atoms with Gasteiger partial charge in [0, 0.05) is 0 Å². The van der Waals surface area contributed by atoms with Gasteiger partial charge in [0.15, 0.2) is 0 Å². The molecule has 2 atom stereocenters. The van der Waals surface area contributed by atoms with Crippen molar-refractivity contribution in [2.75, 3.05) is 7.11 Å². The number of halogens is 1. The number of aliphatic hydroxyl groups excluding tert-OH is 2. The number of benzene rings is 1. The first-order valence-corrected chi connectivity index (χ1v) is 5.78. The molecule has 0 aliphatic heterocycles. The van der Waals surface area contributed by atoms with E-state index in [1.807, 2.05) is 0 Å². The Hall–Kier alpha value is -1.99. The van der Waals surface area contributed by atoms with Gasteiger partial charge in [-0.15, -0.1) is 0 Å². The van der Waals surface area contributed by atoms with Crippen LogP contribution in [-0.2, 0) is 20.7 Å². The molecular weight excluding hydrogens is 271 g/mol. The van der Waals surface area contributed by atoms with E-state index in [-0.39, 0.29) is 11.1 Å². The van der Waals surface area contributed by atoms with Crippen molar-refractivity contribution in [3.8, 4) is 0 Å². The molecule has 1 rings (SSSR count). The minimum Gasteiger partial charge on any atom is -0.481 e. The largest absolute Gasteiger partial charge is 0.481 e. The van der Waals surface area contributed by atoms with Crippen LogP contribution < -0.4 is 0 Å². The number of ether oxygens (including phenoxy) is 1. The van der Waals surface area contributed by atoms with E-state index >= 15 is 0 Å². The molecule has 110 valence electrons. The topological polar surface area (TPSA) is 104 Å². The molecule has 0 saturated heterocycles. The van der Waals surface area contributed by atoms with Crippen LogP contribution in [0.25, 0.3) is 0 Å². The fourth-order valence-corrected chi connectivity index (χ4v) is 1.75. The molecule has 1 aromatic carbocycles. The van der Waals surface area contributed by atoms with Crippen LogP contribution in [0.15, 0.2) is 18.2 Å². The lowest BCUT2D eigenvalue weighted by Gasteiger charge is -2.19. The molecule has 0 saturated carbocycles. The summed E-state index contributed by atoms with van der Waals surface area (Å²) in [5.74, 6) is -2.58. The Kier molecular flexibility index (Phi) is 5.60. The van der Waals surface area contributed by atoms with E-state index in [9.17, 15) is 24.2 Å². The summed E-state index contributed by atoms with van der Waals surface area (Å²) in [5.41, 5.74) is 0.0964. The van der Waals surface area contributed by atoms with E-state index in [4.69, 9.17) is 5.11 Å². The molecule has 1 aromatic rings. The van der Waals surface area contributed by atoms with Gasteiger partial charge >= 0.3 is 11.9 Å². The lowest BCUT2D eigenvalue weighted by molar-refractivity contribution is -0.145. The van der Waals surface area contributed by atoms with E-state index in [1.165, 1.54) is 6.07 Å². The van der Waals surface area contributed by atoms with Crippen molar-refractivity contribution in [1.82, 2.24) is 0 Å². The Morgan fingerprint density at radius 3 is 2.55 bits per heavy atom. The van der Waals surface area contributed by atoms with E-state index in [0.29, 0.717) is 0 Å². The van der Waals surface area contributed by atoms with Gasteiger partial charge in [0.2, 0.25) is 0 Å². The molecule has 6 nitrogen and oxygen atoms in total. The first kappa shape index (κ1) is 16.1. The standard InChI is InChI=1S/C13H15FO6/c1-20-12(18)6-10(15)13(19)9-3-2-8(14)4-7(9)5-11(16)17/h2-4,10,13,15,19H,5-6H2,1H3,(H,16,17). The lowest BCUT2D eigenvalue weighted by Crippen LogP contribution is -2.24. The normalized spacial score (nSPS) is 13.6. The zero-order valence-electron chi connectivity index (χ0n) is 10.7. The number of carboxylic acids is 1. The number of carboxylic acid groups (broad SMARTS) is 1. The van der Waals surface area contributed by atoms with Gasteiger partial charge in [-0.3, -0.25) is 9.59 Å². The minimum absolute atomic E-state index is 0.0360. The van der Waals surface area contributed by atoms with Crippen LogP contribution >= 0.6 is 0 Å². The van der Waals surface area contributed by atoms with Crippen LogP contribution in [0.1, 0.15) is 23.7 Å². The summed E-state index contributed by atoms with van der Waals surface area (Å²) in [6.45, 7) is 0. The number of aliphatic hydroxyl groups is 2. The molecule has 0 aliphatic carbocycles. The Balaban J connectivity index is 2.99. The van der Waals surface area contributed by atoms with Crippen molar-refractivity contribution in [2.45, 2.75) is 25.0 Å². The number of esters is 1. The average Bonchev–Trinajstić information content (AvgIpc) is 2.37. The number of hydrogen-bond acceptors (Lipinski definition) is 5. The molecule has 0 heterocycles. The number of rotatable bonds is 6. The van der Waals surface area contributed by atoms with Crippen LogP contribution in [-0.4, -0.2) is 40.5 Å². The number of hydrogen-bond donors (Lipinski definition) is 3. The molecular formula is C13H15FO6. The quantitative estimate of drug-likeness (QED) is 0.654. The lowest BCUT2D eigenvalue weighted by atomic mass is 9.95. The SMILES string of the molecule is COC(=O)CC(O)C(O)c1ccc(F)cc1CC(=O)O. The van der Waals surface area contributed by atoms with Gasteiger partial charge in [0.05, 0.1) is 26.1 Å². The third-order valence-electron chi connectivity index (χ3n) is 2.73. The second-order valence-corrected chi connectivity index (χ2v) is 4.21. The minimum atomic E-state index is -1.51. The Morgan fingerprint density at radius 2 is 2.00 bits per heavy atom. The van der Waals surface area contributed by atoms with Crippen molar-refractivity contribution >= 4 is 11.9 Å². The monoisotopic (exact) mass is 286 g/mol. The van der Waals surface area contributed by atoms with Gasteiger partial charge in [0.1, 0.15) is 11.9 Å². The van der Waals surface area contributed by atoms with Crippen molar-refractivity contribution in [3.05, 3.63) is 35.1 Å². The second kappa shape index (κ2) is 6.97. The van der Waals surface area contributed by atoms with Crippen LogP contribution in [0, 0.1) is 5.82 Å². The van der Waals surface area contributed by atoms with Crippen molar-refractivity contribution in [1.29, 1.82) is 0 Å². The molecule has 2 unspecified atom stereocenters. The van der Waals surface area contributed by atoms with Crippen LogP contribution in [0.3, 0.4) is 0 Å². The molecule has 7 heteroatoms. The molecule has 0 bridgehead atoms. The van der Waals surface area contributed by atoms with Crippen LogP contribution in [0.5, 0.6) is 0 Å². The van der Waals surface area contributed by atoms with Crippen molar-refractivity contribution < 1.29 is 34.0 Å². The maximum absolute atomic E-state index is 13.1. The highest BCUT2D eigenvalue weighted by molar-refractivity contribution is 5.71. The van der Waals surface area contributed by atoms with Crippen LogP contribution in [0.2, 0.25) is 0 Å². The smallest absolute Gasteiger partial charge is 0.308 e. The van der Waals surface area contributed by atoms with Gasteiger partial charge < -0.3 is 20.1 Å². The Morgan fingerprint density at radius 1 is 1.35 bits per heavy atom. The van der Waals surface area contributed by atoms with Gasteiger partial charge in [-0.1, -0.05) is 6.07 Å². The molecule has 3 N–H and O–H groups in total. The summed E-state index contributed by atoms with van der Waals surface area (Å²) in [6, 6.07) is 3.19. The molecule has 0 aromatic heterocycles. The molecule has 0 radical (unpaired) electrons. The highest BCUT2D eigenvalue weighted by atomic mass is 19.1. The fraction of sp³-hybridized carbons (Fsp3) is 0.385. The number of carbonyl (C=O) groups excluding carboxylic acids is 1. The molecule has 20 heavy (non-hydrogen) atoms. The van der Waals surface area contributed by atoms with Gasteiger partial charge in [-0.05, 0) is 23.3 Å². The summed E-state index contributed by atoms with van der Waals surface area (Å²) in [6.07, 6.45) is -3.94. The van der Waals surface area contributed by atoms with E-state index in [2.05, 4.69) is 4.74 Å². The van der Waals surface area contributed by atoms with E-state index < -0.39 is 42.8 Å². The molecule has 0 aliphatic rings. The molecule has 0 amide bonds. The number of carbonyl (C=O) groups is 2. The summed E-state index contributed by atoms with van der Waals surface area (Å²) >= 11 is 0. The Labute approximate surface area is 114 Å². The van der Waals surface area contributed by atoms with E-state index in [1.54, 1.807) is 0 Å². The van der Waals surface area contributed by atoms with Crippen molar-refractivity contribution in [2.24, 2.45) is 0 Å². The molecule has 0 fully saturated rings. The summed E-state index contributed by atoms with van der Waals surface area (Å²) in [7, 11) is 1.13. The van der Waals surface area contributed by atoms with Crippen LogP contribution in [0.4, 0.5) is 4.39 Å². The first-order chi connectivity index (χ1) is 9.35. The number of methoxy groups -OCH3 is 1. The van der Waals surface area contributed by atoms with E-state index in [0.717, 1.165) is 19.2 Å². The highest BCUT2D eigenvalue weighted by Crippen LogP contribution is 2.24. The summed E-state index contributed by atoms with van der Waals surface area (Å²) < 4.78 is 17.5.